The van der Waals surface area contributed by atoms with Gasteiger partial charge in [-0.1, -0.05) is 29.4 Å². The molecule has 0 spiro atoms. The summed E-state index contributed by atoms with van der Waals surface area (Å²) in [6, 6.07) is 12.0. The van der Waals surface area contributed by atoms with E-state index in [0.29, 0.717) is 24.7 Å². The second kappa shape index (κ2) is 10.3. The first-order valence-corrected chi connectivity index (χ1v) is 10.6. The van der Waals surface area contributed by atoms with Crippen LogP contribution in [0.25, 0.3) is 11.4 Å². The summed E-state index contributed by atoms with van der Waals surface area (Å²) < 4.78 is 5.23. The van der Waals surface area contributed by atoms with Crippen LogP contribution in [-0.2, 0) is 24.3 Å². The Labute approximate surface area is 181 Å². The molecule has 2 aromatic heterocycles. The highest BCUT2D eigenvalue weighted by molar-refractivity contribution is 5.76. The zero-order valence-electron chi connectivity index (χ0n) is 17.4. The molecule has 8 heteroatoms. The zero-order chi connectivity index (χ0) is 21.5. The molecule has 0 saturated carbocycles. The molecule has 1 aromatic carbocycles. The first-order chi connectivity index (χ1) is 15.2. The summed E-state index contributed by atoms with van der Waals surface area (Å²) in [5, 5.41) is 16.5. The van der Waals surface area contributed by atoms with Gasteiger partial charge >= 0.3 is 0 Å². The molecule has 3 heterocycles. The van der Waals surface area contributed by atoms with Crippen molar-refractivity contribution in [2.75, 3.05) is 13.1 Å². The second-order valence-corrected chi connectivity index (χ2v) is 7.85. The van der Waals surface area contributed by atoms with Crippen molar-refractivity contribution in [3.05, 3.63) is 65.8 Å². The van der Waals surface area contributed by atoms with Gasteiger partial charge in [0.1, 0.15) is 0 Å². The Morgan fingerprint density at radius 2 is 1.94 bits per heavy atom. The third-order valence-corrected chi connectivity index (χ3v) is 5.43. The van der Waals surface area contributed by atoms with E-state index in [1.165, 1.54) is 5.56 Å². The van der Waals surface area contributed by atoms with Crippen LogP contribution in [0, 0.1) is 0 Å². The van der Waals surface area contributed by atoms with Gasteiger partial charge < -0.3 is 14.9 Å². The van der Waals surface area contributed by atoms with Crippen molar-refractivity contribution in [3.8, 4) is 11.4 Å². The molecule has 1 aliphatic rings. The molecular formula is C23H27N5O3. The average Bonchev–Trinajstić information content (AvgIpc) is 3.28. The second-order valence-electron chi connectivity index (χ2n) is 7.85. The fraction of sp³-hybridized carbons (Fsp3) is 0.391. The van der Waals surface area contributed by atoms with Gasteiger partial charge in [-0.05, 0) is 36.1 Å². The predicted octanol–water partition coefficient (Wildman–Crippen LogP) is 2.34. The molecule has 2 N–H and O–H groups in total. The van der Waals surface area contributed by atoms with Crippen LogP contribution in [-0.4, -0.2) is 50.2 Å². The van der Waals surface area contributed by atoms with Crippen molar-refractivity contribution >= 4 is 5.91 Å². The van der Waals surface area contributed by atoms with E-state index < -0.39 is 0 Å². The number of likely N-dealkylation sites (tertiary alicyclic amines) is 1. The van der Waals surface area contributed by atoms with Gasteiger partial charge in [-0.15, -0.1) is 0 Å². The Balaban J connectivity index is 1.19. The number of nitrogens with zero attached hydrogens (tertiary/aromatic N) is 4. The minimum atomic E-state index is -0.148. The van der Waals surface area contributed by atoms with Gasteiger partial charge in [-0.2, -0.15) is 4.98 Å². The normalized spacial score (nSPS) is 15.1. The number of benzene rings is 1. The smallest absolute Gasteiger partial charge is 0.227 e. The number of hydrogen-bond acceptors (Lipinski definition) is 7. The van der Waals surface area contributed by atoms with Crippen molar-refractivity contribution in [1.29, 1.82) is 0 Å². The molecule has 4 rings (SSSR count). The topological polar surface area (TPSA) is 104 Å². The lowest BCUT2D eigenvalue weighted by atomic mass is 10.1. The lowest BCUT2D eigenvalue weighted by Gasteiger charge is -2.29. The van der Waals surface area contributed by atoms with E-state index in [1.54, 1.807) is 12.4 Å². The van der Waals surface area contributed by atoms with Gasteiger partial charge in [0.25, 0.3) is 0 Å². The number of hydrogen-bond donors (Lipinski definition) is 2. The fourth-order valence-corrected chi connectivity index (χ4v) is 3.58. The molecule has 0 radical (unpaired) electrons. The molecule has 1 amide bonds. The molecule has 1 saturated heterocycles. The first kappa shape index (κ1) is 21.1. The highest BCUT2D eigenvalue weighted by Crippen LogP contribution is 2.15. The first-order valence-electron chi connectivity index (χ1n) is 10.6. The van der Waals surface area contributed by atoms with E-state index in [1.807, 2.05) is 24.3 Å². The molecule has 1 aliphatic heterocycles. The molecule has 0 atom stereocenters. The van der Waals surface area contributed by atoms with Crippen molar-refractivity contribution in [2.24, 2.45) is 0 Å². The molecule has 0 unspecified atom stereocenters. The standard InChI is InChI=1S/C23H27N5O3/c29-20-9-12-28(13-10-20)16-18-5-3-17(4-6-18)14-25-21(30)7-8-22-26-23(27-31-22)19-2-1-11-24-15-19/h1-6,11,15,20,29H,7-10,12-14,16H2,(H,25,30). The van der Waals surface area contributed by atoms with Crippen LogP contribution >= 0.6 is 0 Å². The number of amides is 1. The monoisotopic (exact) mass is 421 g/mol. The quantitative estimate of drug-likeness (QED) is 0.575. The lowest BCUT2D eigenvalue weighted by molar-refractivity contribution is -0.121. The van der Waals surface area contributed by atoms with Crippen LogP contribution < -0.4 is 5.32 Å². The van der Waals surface area contributed by atoms with Crippen LogP contribution in [0.4, 0.5) is 0 Å². The SMILES string of the molecule is O=C(CCc1nc(-c2cccnc2)no1)NCc1ccc(CN2CCC(O)CC2)cc1. The number of carbonyl (C=O) groups is 1. The van der Waals surface area contributed by atoms with Crippen LogP contribution in [0.15, 0.2) is 53.3 Å². The van der Waals surface area contributed by atoms with E-state index in [4.69, 9.17) is 4.52 Å². The molecular weight excluding hydrogens is 394 g/mol. The van der Waals surface area contributed by atoms with Crippen LogP contribution in [0.1, 0.15) is 36.3 Å². The van der Waals surface area contributed by atoms with Crippen LogP contribution in [0.5, 0.6) is 0 Å². The summed E-state index contributed by atoms with van der Waals surface area (Å²) in [7, 11) is 0. The number of aryl methyl sites for hydroxylation is 1. The minimum absolute atomic E-state index is 0.0583. The summed E-state index contributed by atoms with van der Waals surface area (Å²) in [6.45, 7) is 3.25. The van der Waals surface area contributed by atoms with Crippen molar-refractivity contribution in [2.45, 2.75) is 44.9 Å². The molecule has 0 bridgehead atoms. The number of piperidine rings is 1. The van der Waals surface area contributed by atoms with E-state index in [0.717, 1.165) is 43.6 Å². The Morgan fingerprint density at radius 3 is 2.68 bits per heavy atom. The summed E-state index contributed by atoms with van der Waals surface area (Å²) in [4.78, 5) is 22.9. The highest BCUT2D eigenvalue weighted by atomic mass is 16.5. The van der Waals surface area contributed by atoms with Crippen molar-refractivity contribution in [3.63, 3.8) is 0 Å². The summed E-state index contributed by atoms with van der Waals surface area (Å²) in [5.74, 6) is 0.852. The lowest BCUT2D eigenvalue weighted by Crippen LogP contribution is -2.35. The maximum atomic E-state index is 12.2. The number of aromatic nitrogens is 3. The predicted molar refractivity (Wildman–Crippen MR) is 115 cm³/mol. The van der Waals surface area contributed by atoms with Gasteiger partial charge in [0.2, 0.25) is 17.6 Å². The van der Waals surface area contributed by atoms with Crippen LogP contribution in [0.2, 0.25) is 0 Å². The maximum absolute atomic E-state index is 12.2. The average molecular weight is 422 g/mol. The Morgan fingerprint density at radius 1 is 1.16 bits per heavy atom. The molecule has 1 fully saturated rings. The zero-order valence-corrected chi connectivity index (χ0v) is 17.4. The Kier molecular flexibility index (Phi) is 7.01. The summed E-state index contributed by atoms with van der Waals surface area (Å²) >= 11 is 0. The summed E-state index contributed by atoms with van der Waals surface area (Å²) in [5.41, 5.74) is 3.08. The van der Waals surface area contributed by atoms with E-state index >= 15 is 0 Å². The van der Waals surface area contributed by atoms with Crippen molar-refractivity contribution < 1.29 is 14.4 Å². The molecule has 31 heavy (non-hydrogen) atoms. The number of rotatable bonds is 8. The number of pyridine rings is 1. The third-order valence-electron chi connectivity index (χ3n) is 5.43. The number of nitrogens with one attached hydrogen (secondary N) is 1. The Hall–Kier alpha value is -3.10. The fourth-order valence-electron chi connectivity index (χ4n) is 3.58. The molecule has 0 aliphatic carbocycles. The van der Waals surface area contributed by atoms with Gasteiger partial charge in [0.05, 0.1) is 6.10 Å². The van der Waals surface area contributed by atoms with E-state index in [-0.39, 0.29) is 18.4 Å². The van der Waals surface area contributed by atoms with Gasteiger partial charge in [0, 0.05) is 57.0 Å². The number of carbonyl (C=O) groups excluding carboxylic acids is 1. The van der Waals surface area contributed by atoms with Crippen molar-refractivity contribution in [1.82, 2.24) is 25.3 Å². The molecule has 162 valence electrons. The molecule has 3 aromatic rings. The third kappa shape index (κ3) is 6.19. The molecule has 8 nitrogen and oxygen atoms in total. The minimum Gasteiger partial charge on any atom is -0.393 e. The van der Waals surface area contributed by atoms with Gasteiger partial charge in [0.15, 0.2) is 0 Å². The Bertz CT molecular complexity index is 966. The van der Waals surface area contributed by atoms with Gasteiger partial charge in [-0.25, -0.2) is 0 Å². The highest BCUT2D eigenvalue weighted by Gasteiger charge is 2.16. The van der Waals surface area contributed by atoms with E-state index in [9.17, 15) is 9.90 Å². The number of aliphatic hydroxyl groups excluding tert-OH is 1. The van der Waals surface area contributed by atoms with Crippen LogP contribution in [0.3, 0.4) is 0 Å². The maximum Gasteiger partial charge on any atom is 0.227 e. The van der Waals surface area contributed by atoms with Gasteiger partial charge in [-0.3, -0.25) is 14.7 Å². The summed E-state index contributed by atoms with van der Waals surface area (Å²) in [6.07, 6.45) is 5.57. The number of aliphatic hydroxyl groups is 1. The van der Waals surface area contributed by atoms with E-state index in [2.05, 4.69) is 37.5 Å². The largest absolute Gasteiger partial charge is 0.393 e.